The van der Waals surface area contributed by atoms with E-state index < -0.39 is 0 Å². The normalized spacial score (nSPS) is 10.8. The predicted octanol–water partition coefficient (Wildman–Crippen LogP) is 5.81. The first-order valence-electron chi connectivity index (χ1n) is 8.86. The van der Waals surface area contributed by atoms with E-state index in [2.05, 4.69) is 65.4 Å². The lowest BCUT2D eigenvalue weighted by Gasteiger charge is -2.14. The van der Waals surface area contributed by atoms with Gasteiger partial charge in [0.1, 0.15) is 0 Å². The molecule has 3 heteroatoms. The van der Waals surface area contributed by atoms with Crippen LogP contribution in [0.4, 0.5) is 0 Å². The van der Waals surface area contributed by atoms with E-state index in [1.54, 1.807) is 0 Å². The monoisotopic (exact) mass is 467 g/mol. The lowest BCUT2D eigenvalue weighted by molar-refractivity contribution is 0.103. The number of likely N-dealkylation sites (N-methyl/N-ethyl adjacent to an activating group) is 1. The second-order valence-corrected chi connectivity index (χ2v) is 7.84. The minimum atomic E-state index is 0.0542. The first-order valence-corrected chi connectivity index (χ1v) is 9.94. The van der Waals surface area contributed by atoms with Crippen molar-refractivity contribution in [2.75, 3.05) is 13.6 Å². The Kier molecular flexibility index (Phi) is 6.58. The summed E-state index contributed by atoms with van der Waals surface area (Å²) in [4.78, 5) is 14.8. The molecule has 3 rings (SSSR count). The highest BCUT2D eigenvalue weighted by molar-refractivity contribution is 14.1. The van der Waals surface area contributed by atoms with Crippen molar-refractivity contribution in [2.24, 2.45) is 0 Å². The van der Waals surface area contributed by atoms with Crippen molar-refractivity contribution < 1.29 is 4.79 Å². The van der Waals surface area contributed by atoms with Crippen LogP contribution >= 0.6 is 22.6 Å². The molecule has 0 saturated carbocycles. The van der Waals surface area contributed by atoms with E-state index in [1.807, 2.05) is 54.6 Å². The second-order valence-electron chi connectivity index (χ2n) is 6.60. The molecule has 2 nitrogen and oxygen atoms in total. The fourth-order valence-electron chi connectivity index (χ4n) is 2.98. The van der Waals surface area contributed by atoms with Crippen LogP contribution in [0.15, 0.2) is 85.5 Å². The quantitative estimate of drug-likeness (QED) is 0.249. The van der Waals surface area contributed by atoms with Crippen molar-refractivity contribution in [3.8, 4) is 11.1 Å². The minimum absolute atomic E-state index is 0.0542. The molecule has 0 amide bonds. The fourth-order valence-corrected chi connectivity index (χ4v) is 3.34. The van der Waals surface area contributed by atoms with E-state index in [4.69, 9.17) is 0 Å². The van der Waals surface area contributed by atoms with Gasteiger partial charge in [0.2, 0.25) is 0 Å². The molecule has 0 bridgehead atoms. The highest BCUT2D eigenvalue weighted by Crippen LogP contribution is 2.22. The highest BCUT2D eigenvalue weighted by Gasteiger charge is 2.09. The average Bonchev–Trinajstić information content (AvgIpc) is 2.69. The maximum Gasteiger partial charge on any atom is 0.193 e. The Labute approximate surface area is 174 Å². The van der Waals surface area contributed by atoms with Gasteiger partial charge in [-0.15, -0.1) is 6.58 Å². The van der Waals surface area contributed by atoms with Crippen molar-refractivity contribution in [1.82, 2.24) is 4.90 Å². The predicted molar refractivity (Wildman–Crippen MR) is 121 cm³/mol. The zero-order valence-electron chi connectivity index (χ0n) is 15.4. The Morgan fingerprint density at radius 1 is 0.889 bits per heavy atom. The van der Waals surface area contributed by atoms with Gasteiger partial charge in [0, 0.05) is 27.8 Å². The number of ketones is 1. The third-order valence-electron chi connectivity index (χ3n) is 4.43. The molecule has 0 aliphatic rings. The van der Waals surface area contributed by atoms with Gasteiger partial charge in [0.05, 0.1) is 0 Å². The summed E-state index contributed by atoms with van der Waals surface area (Å²) < 4.78 is 1.12. The van der Waals surface area contributed by atoms with Crippen LogP contribution in [-0.2, 0) is 6.54 Å². The molecule has 0 N–H and O–H groups in total. The number of rotatable bonds is 7. The van der Waals surface area contributed by atoms with Crippen LogP contribution in [0.2, 0.25) is 0 Å². The third kappa shape index (κ3) is 5.15. The van der Waals surface area contributed by atoms with Gasteiger partial charge in [0.25, 0.3) is 0 Å². The van der Waals surface area contributed by atoms with E-state index in [0.29, 0.717) is 5.56 Å². The van der Waals surface area contributed by atoms with Crippen LogP contribution in [0.5, 0.6) is 0 Å². The first kappa shape index (κ1) is 19.5. The van der Waals surface area contributed by atoms with Gasteiger partial charge in [-0.05, 0) is 70.6 Å². The van der Waals surface area contributed by atoms with Gasteiger partial charge in [-0.25, -0.2) is 0 Å². The van der Waals surface area contributed by atoms with Crippen molar-refractivity contribution >= 4 is 28.4 Å². The van der Waals surface area contributed by atoms with Crippen LogP contribution in [0, 0.1) is 3.57 Å². The average molecular weight is 467 g/mol. The van der Waals surface area contributed by atoms with Gasteiger partial charge < -0.3 is 0 Å². The summed E-state index contributed by atoms with van der Waals surface area (Å²) in [6.45, 7) is 5.54. The van der Waals surface area contributed by atoms with Crippen molar-refractivity contribution in [3.63, 3.8) is 0 Å². The molecular weight excluding hydrogens is 445 g/mol. The summed E-state index contributed by atoms with van der Waals surface area (Å²) in [6.07, 6.45) is 1.91. The number of carbonyl (C=O) groups excluding carboxylic acids is 1. The number of carbonyl (C=O) groups is 1. The Bertz CT molecular complexity index is 912. The molecule has 0 saturated heterocycles. The van der Waals surface area contributed by atoms with Crippen LogP contribution < -0.4 is 0 Å². The number of nitrogens with zero attached hydrogens (tertiary/aromatic N) is 1. The Morgan fingerprint density at radius 2 is 1.37 bits per heavy atom. The summed E-state index contributed by atoms with van der Waals surface area (Å²) in [7, 11) is 2.08. The smallest absolute Gasteiger partial charge is 0.193 e. The molecule has 27 heavy (non-hydrogen) atoms. The Hall–Kier alpha value is -2.24. The molecule has 0 aromatic heterocycles. The topological polar surface area (TPSA) is 20.3 Å². The molecule has 3 aromatic rings. The fraction of sp³-hybridized carbons (Fsp3) is 0.125. The largest absolute Gasteiger partial charge is 0.298 e. The van der Waals surface area contributed by atoms with E-state index >= 15 is 0 Å². The molecule has 0 heterocycles. The van der Waals surface area contributed by atoms with E-state index in [9.17, 15) is 4.79 Å². The van der Waals surface area contributed by atoms with Crippen molar-refractivity contribution in [3.05, 3.63) is 106 Å². The van der Waals surface area contributed by atoms with Crippen LogP contribution in [0.3, 0.4) is 0 Å². The standard InChI is InChI=1S/C24H22INO/c1-3-16-26(2)17-18-4-6-19(7-5-18)20-8-10-21(11-9-20)24(27)22-12-14-23(25)15-13-22/h3-15H,1,16-17H2,2H3. The lowest BCUT2D eigenvalue weighted by Crippen LogP contribution is -2.17. The molecule has 136 valence electrons. The summed E-state index contributed by atoms with van der Waals surface area (Å²) in [5.74, 6) is 0.0542. The molecule has 0 fully saturated rings. The van der Waals surface area contributed by atoms with Gasteiger partial charge in [-0.1, -0.05) is 54.6 Å². The Morgan fingerprint density at radius 3 is 1.89 bits per heavy atom. The highest BCUT2D eigenvalue weighted by atomic mass is 127. The number of hydrogen-bond donors (Lipinski definition) is 0. The summed E-state index contributed by atoms with van der Waals surface area (Å²) in [5.41, 5.74) is 4.96. The van der Waals surface area contributed by atoms with Crippen LogP contribution in [-0.4, -0.2) is 24.3 Å². The Balaban J connectivity index is 1.72. The van der Waals surface area contributed by atoms with Crippen molar-refractivity contribution in [2.45, 2.75) is 6.54 Å². The van der Waals surface area contributed by atoms with E-state index in [0.717, 1.165) is 33.4 Å². The molecule has 0 aliphatic carbocycles. The van der Waals surface area contributed by atoms with Gasteiger partial charge in [-0.2, -0.15) is 0 Å². The number of hydrogen-bond acceptors (Lipinski definition) is 2. The molecule has 0 radical (unpaired) electrons. The number of halogens is 1. The summed E-state index contributed by atoms with van der Waals surface area (Å²) in [6, 6.07) is 24.1. The van der Waals surface area contributed by atoms with Gasteiger partial charge >= 0.3 is 0 Å². The van der Waals surface area contributed by atoms with Crippen LogP contribution in [0.1, 0.15) is 21.5 Å². The molecular formula is C24H22INO. The van der Waals surface area contributed by atoms with Crippen LogP contribution in [0.25, 0.3) is 11.1 Å². The zero-order valence-corrected chi connectivity index (χ0v) is 17.5. The molecule has 0 atom stereocenters. The second kappa shape index (κ2) is 9.11. The zero-order chi connectivity index (χ0) is 19.2. The first-order chi connectivity index (χ1) is 13.1. The minimum Gasteiger partial charge on any atom is -0.298 e. The van der Waals surface area contributed by atoms with E-state index in [-0.39, 0.29) is 5.78 Å². The molecule has 0 aliphatic heterocycles. The van der Waals surface area contributed by atoms with Gasteiger partial charge in [-0.3, -0.25) is 9.69 Å². The SMILES string of the molecule is C=CCN(C)Cc1ccc(-c2ccc(C(=O)c3ccc(I)cc3)cc2)cc1. The van der Waals surface area contributed by atoms with E-state index in [1.165, 1.54) is 5.56 Å². The maximum absolute atomic E-state index is 12.6. The maximum atomic E-state index is 12.6. The molecule has 0 unspecified atom stereocenters. The summed E-state index contributed by atoms with van der Waals surface area (Å²) in [5, 5.41) is 0. The third-order valence-corrected chi connectivity index (χ3v) is 5.15. The lowest BCUT2D eigenvalue weighted by atomic mass is 9.99. The molecule has 3 aromatic carbocycles. The number of benzene rings is 3. The summed E-state index contributed by atoms with van der Waals surface area (Å²) >= 11 is 2.24. The van der Waals surface area contributed by atoms with Crippen molar-refractivity contribution in [1.29, 1.82) is 0 Å². The van der Waals surface area contributed by atoms with Gasteiger partial charge in [0.15, 0.2) is 5.78 Å². The molecule has 0 spiro atoms.